The summed E-state index contributed by atoms with van der Waals surface area (Å²) in [6, 6.07) is 8.62. The second-order valence-corrected chi connectivity index (χ2v) is 6.16. The number of allylic oxidation sites excluding steroid dienone is 2. The third-order valence-corrected chi connectivity index (χ3v) is 3.73. The van der Waals surface area contributed by atoms with Crippen molar-refractivity contribution in [3.05, 3.63) is 41.5 Å². The zero-order valence-electron chi connectivity index (χ0n) is 11.7. The van der Waals surface area contributed by atoms with Crippen LogP contribution in [0.25, 0.3) is 5.57 Å². The maximum atomic E-state index is 13.5. The highest BCUT2D eigenvalue weighted by Gasteiger charge is 2.19. The highest BCUT2D eigenvalue weighted by molar-refractivity contribution is 5.73. The number of rotatable bonds is 5. The number of benzene rings is 1. The van der Waals surface area contributed by atoms with Crippen LogP contribution >= 0.6 is 0 Å². The zero-order valence-corrected chi connectivity index (χ0v) is 11.7. The van der Waals surface area contributed by atoms with Gasteiger partial charge in [0.1, 0.15) is 5.67 Å². The van der Waals surface area contributed by atoms with E-state index in [1.54, 1.807) is 13.8 Å². The second-order valence-electron chi connectivity index (χ2n) is 6.16. The van der Waals surface area contributed by atoms with Gasteiger partial charge in [0.25, 0.3) is 0 Å². The lowest BCUT2D eigenvalue weighted by Crippen LogP contribution is -2.13. The van der Waals surface area contributed by atoms with Crippen LogP contribution in [-0.2, 0) is 6.42 Å². The van der Waals surface area contributed by atoms with Gasteiger partial charge in [0.15, 0.2) is 0 Å². The largest absolute Gasteiger partial charge is 0.245 e. The molecule has 0 aliphatic heterocycles. The van der Waals surface area contributed by atoms with Crippen molar-refractivity contribution in [3.63, 3.8) is 0 Å². The second kappa shape index (κ2) is 5.26. The van der Waals surface area contributed by atoms with Gasteiger partial charge in [-0.05, 0) is 62.1 Å². The molecule has 1 aliphatic carbocycles. The van der Waals surface area contributed by atoms with Gasteiger partial charge in [0.05, 0.1) is 0 Å². The van der Waals surface area contributed by atoms with Crippen LogP contribution in [0.1, 0.15) is 51.2 Å². The summed E-state index contributed by atoms with van der Waals surface area (Å²) in [6.07, 6.45) is 6.09. The van der Waals surface area contributed by atoms with E-state index in [-0.39, 0.29) is 0 Å². The molecule has 0 unspecified atom stereocenters. The van der Waals surface area contributed by atoms with Crippen molar-refractivity contribution in [1.82, 2.24) is 0 Å². The zero-order chi connectivity index (χ0) is 13.2. The highest BCUT2D eigenvalue weighted by atomic mass is 19.1. The number of hydrogen-bond acceptors (Lipinski definition) is 0. The summed E-state index contributed by atoms with van der Waals surface area (Å²) in [6.45, 7) is 5.57. The fourth-order valence-corrected chi connectivity index (χ4v) is 2.62. The third-order valence-electron chi connectivity index (χ3n) is 3.73. The van der Waals surface area contributed by atoms with Crippen molar-refractivity contribution in [1.29, 1.82) is 0 Å². The SMILES string of the molecule is C[C@@H](CCC(C)(C)F)CC1=CCc2ccccc21. The van der Waals surface area contributed by atoms with Gasteiger partial charge < -0.3 is 0 Å². The topological polar surface area (TPSA) is 0 Å². The first kappa shape index (κ1) is 13.3. The number of halogens is 1. The molecule has 1 aromatic rings. The number of alkyl halides is 1. The van der Waals surface area contributed by atoms with Crippen LogP contribution in [0.4, 0.5) is 4.39 Å². The van der Waals surface area contributed by atoms with Gasteiger partial charge >= 0.3 is 0 Å². The van der Waals surface area contributed by atoms with Crippen LogP contribution in [0.5, 0.6) is 0 Å². The summed E-state index contributed by atoms with van der Waals surface area (Å²) in [4.78, 5) is 0. The molecular formula is C17H23F. The van der Waals surface area contributed by atoms with Crippen molar-refractivity contribution in [2.45, 2.75) is 52.1 Å². The van der Waals surface area contributed by atoms with Gasteiger partial charge in [-0.15, -0.1) is 0 Å². The summed E-state index contributed by atoms with van der Waals surface area (Å²) in [7, 11) is 0. The predicted octanol–water partition coefficient (Wildman–Crippen LogP) is 5.18. The van der Waals surface area contributed by atoms with E-state index in [4.69, 9.17) is 0 Å². The Balaban J connectivity index is 1.92. The standard InChI is InChI=1S/C17H23F/c1-13(10-11-17(2,3)18)12-15-9-8-14-6-4-5-7-16(14)15/h4-7,9,13H,8,10-12H2,1-3H3/t13-/m0/s1. The Morgan fingerprint density at radius 1 is 1.28 bits per heavy atom. The van der Waals surface area contributed by atoms with Crippen molar-refractivity contribution >= 4 is 5.57 Å². The number of hydrogen-bond donors (Lipinski definition) is 0. The summed E-state index contributed by atoms with van der Waals surface area (Å²) < 4.78 is 13.5. The predicted molar refractivity (Wildman–Crippen MR) is 76.3 cm³/mol. The van der Waals surface area contributed by atoms with Crippen LogP contribution in [0, 0.1) is 5.92 Å². The highest BCUT2D eigenvalue weighted by Crippen LogP contribution is 2.33. The summed E-state index contributed by atoms with van der Waals surface area (Å²) in [5.74, 6) is 0.553. The van der Waals surface area contributed by atoms with Gasteiger partial charge in [-0.1, -0.05) is 37.3 Å². The Kier molecular flexibility index (Phi) is 3.89. The van der Waals surface area contributed by atoms with E-state index >= 15 is 0 Å². The first-order chi connectivity index (χ1) is 8.46. The van der Waals surface area contributed by atoms with Crippen molar-refractivity contribution < 1.29 is 4.39 Å². The summed E-state index contributed by atoms with van der Waals surface area (Å²) >= 11 is 0. The van der Waals surface area contributed by atoms with E-state index in [1.807, 2.05) is 0 Å². The van der Waals surface area contributed by atoms with Crippen LogP contribution in [0.3, 0.4) is 0 Å². The number of fused-ring (bicyclic) bond motifs is 1. The monoisotopic (exact) mass is 246 g/mol. The molecule has 1 aliphatic rings. The van der Waals surface area contributed by atoms with Gasteiger partial charge in [0.2, 0.25) is 0 Å². The minimum atomic E-state index is -1.03. The van der Waals surface area contributed by atoms with Crippen molar-refractivity contribution in [2.75, 3.05) is 0 Å². The molecule has 1 heteroatoms. The molecule has 0 N–H and O–H groups in total. The smallest absolute Gasteiger partial charge is 0.105 e. The average molecular weight is 246 g/mol. The summed E-state index contributed by atoms with van der Waals surface area (Å²) in [5.41, 5.74) is 3.26. The van der Waals surface area contributed by atoms with Gasteiger partial charge in [-0.2, -0.15) is 0 Å². The van der Waals surface area contributed by atoms with E-state index in [9.17, 15) is 4.39 Å². The molecule has 0 radical (unpaired) electrons. The Bertz CT molecular complexity index is 437. The molecule has 0 fully saturated rings. The van der Waals surface area contributed by atoms with Crippen LogP contribution in [0.2, 0.25) is 0 Å². The Hall–Kier alpha value is -1.11. The molecule has 2 rings (SSSR count). The fourth-order valence-electron chi connectivity index (χ4n) is 2.62. The van der Waals surface area contributed by atoms with Crippen LogP contribution < -0.4 is 0 Å². The van der Waals surface area contributed by atoms with Crippen LogP contribution in [-0.4, -0.2) is 5.67 Å². The van der Waals surface area contributed by atoms with E-state index in [2.05, 4.69) is 37.3 Å². The average Bonchev–Trinajstić information content (AvgIpc) is 2.70. The van der Waals surface area contributed by atoms with E-state index in [0.29, 0.717) is 12.3 Å². The first-order valence-electron chi connectivity index (χ1n) is 6.92. The Labute approximate surface area is 110 Å². The van der Waals surface area contributed by atoms with E-state index in [1.165, 1.54) is 16.7 Å². The lowest BCUT2D eigenvalue weighted by molar-refractivity contribution is 0.188. The molecule has 0 aromatic heterocycles. The maximum Gasteiger partial charge on any atom is 0.105 e. The van der Waals surface area contributed by atoms with Gasteiger partial charge in [-0.25, -0.2) is 4.39 Å². The molecule has 18 heavy (non-hydrogen) atoms. The van der Waals surface area contributed by atoms with Crippen molar-refractivity contribution in [3.8, 4) is 0 Å². The van der Waals surface area contributed by atoms with E-state index in [0.717, 1.165) is 19.3 Å². The molecule has 0 amide bonds. The normalized spacial score (nSPS) is 16.3. The summed E-state index contributed by atoms with van der Waals surface area (Å²) in [5, 5.41) is 0. The Morgan fingerprint density at radius 2 is 2.00 bits per heavy atom. The van der Waals surface area contributed by atoms with Crippen LogP contribution in [0.15, 0.2) is 30.3 Å². The minimum Gasteiger partial charge on any atom is -0.245 e. The molecule has 0 heterocycles. The first-order valence-corrected chi connectivity index (χ1v) is 6.92. The molecule has 0 nitrogen and oxygen atoms in total. The molecule has 0 bridgehead atoms. The van der Waals surface area contributed by atoms with E-state index < -0.39 is 5.67 Å². The minimum absolute atomic E-state index is 0.553. The molecule has 1 aromatic carbocycles. The van der Waals surface area contributed by atoms with Crippen molar-refractivity contribution in [2.24, 2.45) is 5.92 Å². The quantitative estimate of drug-likeness (QED) is 0.671. The van der Waals surface area contributed by atoms with Gasteiger partial charge in [-0.3, -0.25) is 0 Å². The fraction of sp³-hybridized carbons (Fsp3) is 0.529. The maximum absolute atomic E-state index is 13.5. The molecular weight excluding hydrogens is 223 g/mol. The lowest BCUT2D eigenvalue weighted by atomic mass is 9.90. The third kappa shape index (κ3) is 3.44. The molecule has 0 saturated carbocycles. The molecule has 1 atom stereocenters. The molecule has 98 valence electrons. The Morgan fingerprint density at radius 3 is 2.72 bits per heavy atom. The van der Waals surface area contributed by atoms with Gasteiger partial charge in [0, 0.05) is 0 Å². The lowest BCUT2D eigenvalue weighted by Gasteiger charge is -2.18. The molecule has 0 spiro atoms. The molecule has 0 saturated heterocycles.